The van der Waals surface area contributed by atoms with Crippen molar-refractivity contribution in [2.24, 2.45) is 23.0 Å². The third-order valence-corrected chi connectivity index (χ3v) is 4.26. The molecule has 0 amide bonds. The smallest absolute Gasteiger partial charge is 0.0991 e. The van der Waals surface area contributed by atoms with Gasteiger partial charge in [0.05, 0.1) is 13.3 Å². The Morgan fingerprint density at radius 2 is 1.70 bits per heavy atom. The van der Waals surface area contributed by atoms with Crippen molar-refractivity contribution in [1.82, 2.24) is 4.90 Å². The third kappa shape index (κ3) is 8.93. The summed E-state index contributed by atoms with van der Waals surface area (Å²) in [6.45, 7) is 19.2. The molecular formula is C17H38N2O. The van der Waals surface area contributed by atoms with Gasteiger partial charge < -0.3 is 10.5 Å². The maximum absolute atomic E-state index is 6.13. The van der Waals surface area contributed by atoms with E-state index in [0.717, 1.165) is 24.9 Å². The highest BCUT2D eigenvalue weighted by Gasteiger charge is 2.20. The van der Waals surface area contributed by atoms with Crippen LogP contribution in [0, 0.1) is 17.3 Å². The first kappa shape index (κ1) is 19.9. The van der Waals surface area contributed by atoms with Gasteiger partial charge in [-0.3, -0.25) is 4.90 Å². The zero-order valence-corrected chi connectivity index (χ0v) is 14.9. The first-order valence-corrected chi connectivity index (χ1v) is 8.24. The van der Waals surface area contributed by atoms with Crippen LogP contribution >= 0.6 is 0 Å². The standard InChI is InChI=1S/C17H38N2O/c1-8-10-19(11-9-15(4)14(2)3)13-20-12-16(18)17(5,6)7/h14-16H,8-13,18H2,1-7H3/t15-,16?/m1/s1. The lowest BCUT2D eigenvalue weighted by Crippen LogP contribution is -2.40. The van der Waals surface area contributed by atoms with Gasteiger partial charge in [0.25, 0.3) is 0 Å². The summed E-state index contributed by atoms with van der Waals surface area (Å²) in [5.74, 6) is 1.53. The van der Waals surface area contributed by atoms with Gasteiger partial charge in [-0.2, -0.15) is 0 Å². The van der Waals surface area contributed by atoms with Gasteiger partial charge in [0.1, 0.15) is 0 Å². The highest BCUT2D eigenvalue weighted by Crippen LogP contribution is 2.18. The fourth-order valence-corrected chi connectivity index (χ4v) is 1.84. The van der Waals surface area contributed by atoms with Gasteiger partial charge in [0, 0.05) is 19.1 Å². The molecule has 3 nitrogen and oxygen atoms in total. The average molecular weight is 287 g/mol. The zero-order valence-electron chi connectivity index (χ0n) is 14.9. The molecule has 0 radical (unpaired) electrons. The summed E-state index contributed by atoms with van der Waals surface area (Å²) >= 11 is 0. The molecule has 0 rings (SSSR count). The second kappa shape index (κ2) is 9.75. The topological polar surface area (TPSA) is 38.5 Å². The Kier molecular flexibility index (Phi) is 9.69. The van der Waals surface area contributed by atoms with Crippen molar-refractivity contribution in [2.75, 3.05) is 26.4 Å². The molecule has 0 aromatic carbocycles. The minimum atomic E-state index is 0.0977. The first-order valence-electron chi connectivity index (χ1n) is 8.24. The summed E-state index contributed by atoms with van der Waals surface area (Å²) in [6.07, 6.45) is 2.41. The zero-order chi connectivity index (χ0) is 15.8. The number of rotatable bonds is 10. The van der Waals surface area contributed by atoms with E-state index in [-0.39, 0.29) is 11.5 Å². The molecule has 122 valence electrons. The molecule has 0 bridgehead atoms. The Labute approximate surface area is 127 Å². The van der Waals surface area contributed by atoms with Crippen molar-refractivity contribution in [1.29, 1.82) is 0 Å². The molecule has 0 fully saturated rings. The summed E-state index contributed by atoms with van der Waals surface area (Å²) in [7, 11) is 0. The van der Waals surface area contributed by atoms with Crippen LogP contribution in [-0.2, 0) is 4.74 Å². The molecule has 0 aliphatic heterocycles. The SMILES string of the molecule is CCCN(CC[C@@H](C)C(C)C)COCC(N)C(C)(C)C. The lowest BCUT2D eigenvalue weighted by Gasteiger charge is -2.29. The minimum Gasteiger partial charge on any atom is -0.364 e. The molecule has 1 unspecified atom stereocenters. The van der Waals surface area contributed by atoms with Crippen LogP contribution in [0.1, 0.15) is 61.3 Å². The van der Waals surface area contributed by atoms with E-state index < -0.39 is 0 Å². The van der Waals surface area contributed by atoms with E-state index in [9.17, 15) is 0 Å². The summed E-state index contributed by atoms with van der Waals surface area (Å²) in [5, 5.41) is 0. The van der Waals surface area contributed by atoms with Gasteiger partial charge >= 0.3 is 0 Å². The third-order valence-electron chi connectivity index (χ3n) is 4.26. The lowest BCUT2D eigenvalue weighted by atomic mass is 9.88. The quantitative estimate of drug-likeness (QED) is 0.622. The fraction of sp³-hybridized carbons (Fsp3) is 1.00. The number of nitrogens with zero attached hydrogens (tertiary/aromatic N) is 1. The molecule has 0 spiro atoms. The van der Waals surface area contributed by atoms with Crippen molar-refractivity contribution in [3.05, 3.63) is 0 Å². The van der Waals surface area contributed by atoms with Crippen molar-refractivity contribution in [2.45, 2.75) is 67.3 Å². The van der Waals surface area contributed by atoms with Crippen LogP contribution in [0.15, 0.2) is 0 Å². The van der Waals surface area contributed by atoms with E-state index >= 15 is 0 Å². The highest BCUT2D eigenvalue weighted by atomic mass is 16.5. The molecule has 0 aliphatic carbocycles. The van der Waals surface area contributed by atoms with Crippen LogP contribution in [-0.4, -0.2) is 37.4 Å². The van der Waals surface area contributed by atoms with Crippen molar-refractivity contribution < 1.29 is 4.74 Å². The summed E-state index contributed by atoms with van der Waals surface area (Å²) in [4.78, 5) is 2.41. The molecule has 20 heavy (non-hydrogen) atoms. The molecule has 0 saturated carbocycles. The Hall–Kier alpha value is -0.120. The number of nitrogens with two attached hydrogens (primary N) is 1. The number of hydrogen-bond acceptors (Lipinski definition) is 3. The van der Waals surface area contributed by atoms with Gasteiger partial charge in [-0.05, 0) is 30.1 Å². The lowest BCUT2D eigenvalue weighted by molar-refractivity contribution is 0.00644. The van der Waals surface area contributed by atoms with E-state index in [0.29, 0.717) is 13.3 Å². The molecule has 0 aromatic heterocycles. The second-order valence-corrected chi connectivity index (χ2v) is 7.60. The van der Waals surface area contributed by atoms with Crippen molar-refractivity contribution in [3.63, 3.8) is 0 Å². The predicted molar refractivity (Wildman–Crippen MR) is 88.7 cm³/mol. The van der Waals surface area contributed by atoms with Gasteiger partial charge in [0.2, 0.25) is 0 Å². The summed E-state index contributed by atoms with van der Waals surface area (Å²) < 4.78 is 5.83. The van der Waals surface area contributed by atoms with E-state index in [1.54, 1.807) is 0 Å². The molecule has 0 aliphatic rings. The molecule has 0 saturated heterocycles. The van der Waals surface area contributed by atoms with Crippen LogP contribution < -0.4 is 5.73 Å². The van der Waals surface area contributed by atoms with Crippen LogP contribution in [0.5, 0.6) is 0 Å². The maximum atomic E-state index is 6.13. The fourth-order valence-electron chi connectivity index (χ4n) is 1.84. The Morgan fingerprint density at radius 1 is 1.10 bits per heavy atom. The van der Waals surface area contributed by atoms with Crippen LogP contribution in [0.25, 0.3) is 0 Å². The maximum Gasteiger partial charge on any atom is 0.0991 e. The monoisotopic (exact) mass is 286 g/mol. The Balaban J connectivity index is 4.02. The van der Waals surface area contributed by atoms with Crippen LogP contribution in [0.2, 0.25) is 0 Å². The van der Waals surface area contributed by atoms with Crippen molar-refractivity contribution in [3.8, 4) is 0 Å². The van der Waals surface area contributed by atoms with E-state index in [1.807, 2.05) is 0 Å². The van der Waals surface area contributed by atoms with E-state index in [4.69, 9.17) is 10.5 Å². The highest BCUT2D eigenvalue weighted by molar-refractivity contribution is 4.76. The van der Waals surface area contributed by atoms with Crippen LogP contribution in [0.3, 0.4) is 0 Å². The number of ether oxygens (including phenoxy) is 1. The van der Waals surface area contributed by atoms with E-state index in [2.05, 4.69) is 53.4 Å². The van der Waals surface area contributed by atoms with Gasteiger partial charge in [-0.25, -0.2) is 0 Å². The summed E-state index contributed by atoms with van der Waals surface area (Å²) in [5.41, 5.74) is 6.24. The van der Waals surface area contributed by atoms with Gasteiger partial charge in [-0.15, -0.1) is 0 Å². The molecular weight excluding hydrogens is 248 g/mol. The molecule has 2 atom stereocenters. The van der Waals surface area contributed by atoms with Gasteiger partial charge in [-0.1, -0.05) is 48.5 Å². The largest absolute Gasteiger partial charge is 0.364 e. The average Bonchev–Trinajstić information content (AvgIpc) is 2.33. The van der Waals surface area contributed by atoms with E-state index in [1.165, 1.54) is 12.8 Å². The summed E-state index contributed by atoms with van der Waals surface area (Å²) in [6, 6.07) is 0.0977. The number of hydrogen-bond donors (Lipinski definition) is 1. The van der Waals surface area contributed by atoms with Crippen LogP contribution in [0.4, 0.5) is 0 Å². The minimum absolute atomic E-state index is 0.0977. The Bertz CT molecular complexity index is 236. The normalized spacial score (nSPS) is 15.9. The molecule has 0 heterocycles. The van der Waals surface area contributed by atoms with Gasteiger partial charge in [0.15, 0.2) is 0 Å². The second-order valence-electron chi connectivity index (χ2n) is 7.60. The molecule has 2 N–H and O–H groups in total. The molecule has 0 aromatic rings. The van der Waals surface area contributed by atoms with Crippen molar-refractivity contribution >= 4 is 0 Å². The predicted octanol–water partition coefficient (Wildman–Crippen LogP) is 3.73. The first-order chi connectivity index (χ1) is 9.18. The molecule has 3 heteroatoms. The Morgan fingerprint density at radius 3 is 2.15 bits per heavy atom.